The van der Waals surface area contributed by atoms with Crippen LogP contribution in [0.15, 0.2) is 46.9 Å². The van der Waals surface area contributed by atoms with E-state index in [0.717, 1.165) is 16.5 Å². The molecule has 0 aliphatic carbocycles. The van der Waals surface area contributed by atoms with Crippen molar-refractivity contribution >= 4 is 33.5 Å². The van der Waals surface area contributed by atoms with Crippen molar-refractivity contribution in [1.29, 1.82) is 0 Å². The number of esters is 1. The minimum atomic E-state index is -0.405. The predicted octanol–water partition coefficient (Wildman–Crippen LogP) is 4.34. The molecule has 0 aromatic heterocycles. The molecule has 0 unspecified atom stereocenters. The second-order valence-electron chi connectivity index (χ2n) is 5.49. The number of hydrogen-bond acceptors (Lipinski definition) is 4. The summed E-state index contributed by atoms with van der Waals surface area (Å²) in [5, 5.41) is 2.71. The van der Waals surface area contributed by atoms with E-state index in [0.29, 0.717) is 23.6 Å². The molecule has 1 N–H and O–H groups in total. The van der Waals surface area contributed by atoms with Crippen LogP contribution in [0.1, 0.15) is 29.3 Å². The third kappa shape index (κ3) is 5.90. The Hall–Kier alpha value is -2.34. The highest BCUT2D eigenvalue weighted by Gasteiger charge is 2.10. The van der Waals surface area contributed by atoms with Gasteiger partial charge in [0.2, 0.25) is 0 Å². The van der Waals surface area contributed by atoms with Gasteiger partial charge in [0, 0.05) is 5.69 Å². The van der Waals surface area contributed by atoms with Gasteiger partial charge in [-0.15, -0.1) is 0 Å². The summed E-state index contributed by atoms with van der Waals surface area (Å²) in [6.45, 7) is 4.14. The molecule has 0 saturated heterocycles. The molecule has 0 aliphatic heterocycles. The average Bonchev–Trinajstić information content (AvgIpc) is 2.59. The molecule has 1 amide bonds. The highest BCUT2D eigenvalue weighted by Crippen LogP contribution is 2.25. The van der Waals surface area contributed by atoms with E-state index in [4.69, 9.17) is 9.47 Å². The Morgan fingerprint density at radius 3 is 2.68 bits per heavy atom. The predicted molar refractivity (Wildman–Crippen MR) is 100 cm³/mol. The van der Waals surface area contributed by atoms with E-state index in [1.165, 1.54) is 0 Å². The van der Waals surface area contributed by atoms with Crippen molar-refractivity contribution in [3.8, 4) is 5.75 Å². The number of aryl methyl sites for hydroxylation is 1. The maximum absolute atomic E-state index is 12.0. The SMILES string of the molecule is CCCOC(=O)c1cccc(NC(=O)COc2ccc(C)cc2Br)c1. The topological polar surface area (TPSA) is 64.6 Å². The zero-order chi connectivity index (χ0) is 18.2. The van der Waals surface area contributed by atoms with Crippen molar-refractivity contribution in [2.45, 2.75) is 20.3 Å². The van der Waals surface area contributed by atoms with Gasteiger partial charge in [-0.2, -0.15) is 0 Å². The van der Waals surface area contributed by atoms with Crippen LogP contribution >= 0.6 is 15.9 Å². The fourth-order valence-corrected chi connectivity index (χ4v) is 2.67. The third-order valence-corrected chi connectivity index (χ3v) is 3.89. The summed E-state index contributed by atoms with van der Waals surface area (Å²) < 4.78 is 11.4. The number of carbonyl (C=O) groups is 2. The minimum Gasteiger partial charge on any atom is -0.483 e. The zero-order valence-electron chi connectivity index (χ0n) is 14.2. The van der Waals surface area contributed by atoms with Gasteiger partial charge in [0.25, 0.3) is 5.91 Å². The Kier molecular flexibility index (Phi) is 7.01. The lowest BCUT2D eigenvalue weighted by atomic mass is 10.2. The highest BCUT2D eigenvalue weighted by atomic mass is 79.9. The lowest BCUT2D eigenvalue weighted by molar-refractivity contribution is -0.118. The van der Waals surface area contributed by atoms with Gasteiger partial charge in [-0.3, -0.25) is 4.79 Å². The van der Waals surface area contributed by atoms with E-state index in [1.807, 2.05) is 26.0 Å². The normalized spacial score (nSPS) is 10.2. The van der Waals surface area contributed by atoms with Crippen LogP contribution in [0, 0.1) is 6.92 Å². The molecule has 0 bridgehead atoms. The standard InChI is InChI=1S/C19H20BrNO4/c1-3-9-24-19(23)14-5-4-6-15(11-14)21-18(22)12-25-17-8-7-13(2)10-16(17)20/h4-8,10-11H,3,9,12H2,1-2H3,(H,21,22). The van der Waals surface area contributed by atoms with Crippen LogP contribution in [0.25, 0.3) is 0 Å². The molecular formula is C19H20BrNO4. The van der Waals surface area contributed by atoms with Gasteiger partial charge >= 0.3 is 5.97 Å². The Labute approximate surface area is 155 Å². The molecular weight excluding hydrogens is 386 g/mol. The van der Waals surface area contributed by atoms with Crippen LogP contribution < -0.4 is 10.1 Å². The van der Waals surface area contributed by atoms with E-state index in [1.54, 1.807) is 30.3 Å². The maximum Gasteiger partial charge on any atom is 0.338 e. The summed E-state index contributed by atoms with van der Waals surface area (Å²) in [4.78, 5) is 23.9. The molecule has 0 saturated carbocycles. The number of hydrogen-bond donors (Lipinski definition) is 1. The summed E-state index contributed by atoms with van der Waals surface area (Å²) in [6.07, 6.45) is 0.758. The Balaban J connectivity index is 1.93. The number of halogens is 1. The number of carbonyl (C=O) groups excluding carboxylic acids is 2. The van der Waals surface area contributed by atoms with E-state index in [2.05, 4.69) is 21.2 Å². The van der Waals surface area contributed by atoms with Gasteiger partial charge in [0.1, 0.15) is 5.75 Å². The van der Waals surface area contributed by atoms with Crippen LogP contribution in [0.4, 0.5) is 5.69 Å². The quantitative estimate of drug-likeness (QED) is 0.695. The lowest BCUT2D eigenvalue weighted by Crippen LogP contribution is -2.20. The Bertz CT molecular complexity index is 761. The average molecular weight is 406 g/mol. The number of rotatable bonds is 7. The summed E-state index contributed by atoms with van der Waals surface area (Å²) in [6, 6.07) is 12.2. The smallest absolute Gasteiger partial charge is 0.338 e. The molecule has 2 aromatic rings. The molecule has 0 atom stereocenters. The molecule has 25 heavy (non-hydrogen) atoms. The Morgan fingerprint density at radius 1 is 1.16 bits per heavy atom. The van der Waals surface area contributed by atoms with Gasteiger partial charge in [0.05, 0.1) is 16.6 Å². The van der Waals surface area contributed by atoms with Crippen molar-refractivity contribution in [2.24, 2.45) is 0 Å². The van der Waals surface area contributed by atoms with Gasteiger partial charge in [-0.1, -0.05) is 19.1 Å². The first-order valence-corrected chi connectivity index (χ1v) is 8.75. The summed E-state index contributed by atoms with van der Waals surface area (Å²) >= 11 is 3.40. The van der Waals surface area contributed by atoms with E-state index in [9.17, 15) is 9.59 Å². The van der Waals surface area contributed by atoms with Crippen molar-refractivity contribution in [3.05, 3.63) is 58.1 Å². The number of anilines is 1. The number of benzene rings is 2. The summed E-state index contributed by atoms with van der Waals surface area (Å²) in [5.41, 5.74) is 2.01. The Morgan fingerprint density at radius 2 is 1.96 bits per heavy atom. The summed E-state index contributed by atoms with van der Waals surface area (Å²) in [5.74, 6) is -0.123. The summed E-state index contributed by atoms with van der Waals surface area (Å²) in [7, 11) is 0. The molecule has 2 aromatic carbocycles. The first-order valence-electron chi connectivity index (χ1n) is 7.95. The van der Waals surface area contributed by atoms with Crippen molar-refractivity contribution in [3.63, 3.8) is 0 Å². The largest absolute Gasteiger partial charge is 0.483 e. The second-order valence-corrected chi connectivity index (χ2v) is 6.34. The molecule has 5 nitrogen and oxygen atoms in total. The van der Waals surface area contributed by atoms with Gasteiger partial charge < -0.3 is 14.8 Å². The van der Waals surface area contributed by atoms with Crippen LogP contribution in [0.3, 0.4) is 0 Å². The maximum atomic E-state index is 12.0. The van der Waals surface area contributed by atoms with Crippen molar-refractivity contribution < 1.29 is 19.1 Å². The molecule has 0 radical (unpaired) electrons. The minimum absolute atomic E-state index is 0.133. The lowest BCUT2D eigenvalue weighted by Gasteiger charge is -2.10. The molecule has 2 rings (SSSR count). The monoisotopic (exact) mass is 405 g/mol. The van der Waals surface area contributed by atoms with Crippen molar-refractivity contribution in [2.75, 3.05) is 18.5 Å². The number of nitrogens with one attached hydrogen (secondary N) is 1. The van der Waals surface area contributed by atoms with E-state index in [-0.39, 0.29) is 12.5 Å². The fraction of sp³-hybridized carbons (Fsp3) is 0.263. The molecule has 0 aliphatic rings. The van der Waals surface area contributed by atoms with Gasteiger partial charge in [-0.25, -0.2) is 4.79 Å². The number of amides is 1. The molecule has 0 heterocycles. The van der Waals surface area contributed by atoms with Crippen LogP contribution in [0.2, 0.25) is 0 Å². The zero-order valence-corrected chi connectivity index (χ0v) is 15.8. The van der Waals surface area contributed by atoms with E-state index < -0.39 is 5.97 Å². The molecule has 6 heteroatoms. The molecule has 0 spiro atoms. The van der Waals surface area contributed by atoms with Crippen molar-refractivity contribution in [1.82, 2.24) is 0 Å². The second kappa shape index (κ2) is 9.22. The molecule has 132 valence electrons. The van der Waals surface area contributed by atoms with Gasteiger partial charge in [-0.05, 0) is 65.2 Å². The van der Waals surface area contributed by atoms with Crippen LogP contribution in [-0.4, -0.2) is 25.1 Å². The van der Waals surface area contributed by atoms with E-state index >= 15 is 0 Å². The fourth-order valence-electron chi connectivity index (χ4n) is 2.07. The van der Waals surface area contributed by atoms with Gasteiger partial charge in [0.15, 0.2) is 6.61 Å². The number of ether oxygens (including phenoxy) is 2. The molecule has 0 fully saturated rings. The third-order valence-electron chi connectivity index (χ3n) is 3.27. The van der Waals surface area contributed by atoms with Crippen LogP contribution in [-0.2, 0) is 9.53 Å². The first-order chi connectivity index (χ1) is 12.0. The highest BCUT2D eigenvalue weighted by molar-refractivity contribution is 9.10. The first kappa shape index (κ1) is 19.0. The van der Waals surface area contributed by atoms with Crippen LogP contribution in [0.5, 0.6) is 5.75 Å².